The van der Waals surface area contributed by atoms with Crippen LogP contribution in [0.2, 0.25) is 0 Å². The molecule has 0 heterocycles. The van der Waals surface area contributed by atoms with Gasteiger partial charge in [-0.1, -0.05) is 107 Å². The van der Waals surface area contributed by atoms with Gasteiger partial charge in [0, 0.05) is 5.33 Å². The summed E-state index contributed by atoms with van der Waals surface area (Å²) in [6.45, 7) is 1.21. The molecule has 0 spiro atoms. The maximum atomic E-state index is 3.38. The molecule has 27 heavy (non-hydrogen) atoms. The van der Waals surface area contributed by atoms with Gasteiger partial charge in [-0.2, -0.15) is 0 Å². The summed E-state index contributed by atoms with van der Waals surface area (Å²) in [5.74, 6) is 0. The van der Waals surface area contributed by atoms with E-state index in [9.17, 15) is 0 Å². The van der Waals surface area contributed by atoms with Crippen LogP contribution < -0.4 is 15.9 Å². The van der Waals surface area contributed by atoms with Crippen LogP contribution in [0, 0.1) is 0 Å². The highest BCUT2D eigenvalue weighted by molar-refractivity contribution is 9.09. The summed E-state index contributed by atoms with van der Waals surface area (Å²) < 4.78 is 0. The third-order valence-electron chi connectivity index (χ3n) is 4.03. The molecule has 142 valence electrons. The normalized spacial score (nSPS) is 10.6. The number of halogens is 1. The van der Waals surface area contributed by atoms with E-state index in [1.54, 1.807) is 0 Å². The molecular formula is C24H29BrNP. The molecule has 0 saturated heterocycles. The van der Waals surface area contributed by atoms with Gasteiger partial charge in [0.1, 0.15) is 0 Å². The van der Waals surface area contributed by atoms with Crippen LogP contribution >= 0.6 is 23.9 Å². The van der Waals surface area contributed by atoms with E-state index in [1.807, 2.05) is 0 Å². The van der Waals surface area contributed by atoms with Gasteiger partial charge in [0.15, 0.2) is 0 Å². The zero-order chi connectivity index (χ0) is 19.3. The Bertz CT molecular complexity index is 638. The van der Waals surface area contributed by atoms with Crippen LogP contribution in [0.15, 0.2) is 91.0 Å². The van der Waals surface area contributed by atoms with E-state index in [0.29, 0.717) is 0 Å². The highest BCUT2D eigenvalue weighted by atomic mass is 79.9. The van der Waals surface area contributed by atoms with Gasteiger partial charge in [-0.05, 0) is 57.3 Å². The minimum atomic E-state index is -0.446. The maximum absolute atomic E-state index is 3.38. The SMILES string of the molecule is CN(C)CCCCBr.c1ccc(P(c2ccccc2)c2ccccc2)cc1. The molecular weight excluding hydrogens is 413 g/mol. The van der Waals surface area contributed by atoms with E-state index >= 15 is 0 Å². The first-order valence-corrected chi connectivity index (χ1v) is 11.8. The van der Waals surface area contributed by atoms with Crippen LogP contribution in [0.1, 0.15) is 12.8 Å². The molecule has 0 atom stereocenters. The predicted molar refractivity (Wildman–Crippen MR) is 127 cm³/mol. The van der Waals surface area contributed by atoms with Gasteiger partial charge in [0.25, 0.3) is 0 Å². The van der Waals surface area contributed by atoms with Crippen LogP contribution in [0.5, 0.6) is 0 Å². The van der Waals surface area contributed by atoms with Gasteiger partial charge in [-0.25, -0.2) is 0 Å². The van der Waals surface area contributed by atoms with Gasteiger partial charge in [-0.15, -0.1) is 0 Å². The van der Waals surface area contributed by atoms with Gasteiger partial charge >= 0.3 is 0 Å². The van der Waals surface area contributed by atoms with Crippen molar-refractivity contribution in [1.82, 2.24) is 4.90 Å². The average Bonchev–Trinajstić information content (AvgIpc) is 2.71. The van der Waals surface area contributed by atoms with Crippen molar-refractivity contribution in [3.8, 4) is 0 Å². The molecule has 0 unspecified atom stereocenters. The van der Waals surface area contributed by atoms with Crippen molar-refractivity contribution in [2.24, 2.45) is 0 Å². The smallest absolute Gasteiger partial charge is 0.00317 e. The molecule has 0 bridgehead atoms. The Kier molecular flexibility index (Phi) is 10.4. The van der Waals surface area contributed by atoms with E-state index in [0.717, 1.165) is 5.33 Å². The van der Waals surface area contributed by atoms with E-state index < -0.39 is 7.92 Å². The highest BCUT2D eigenvalue weighted by Gasteiger charge is 2.14. The largest absolute Gasteiger partial charge is 0.309 e. The quantitative estimate of drug-likeness (QED) is 0.277. The van der Waals surface area contributed by atoms with Crippen molar-refractivity contribution in [3.05, 3.63) is 91.0 Å². The second kappa shape index (κ2) is 12.8. The van der Waals surface area contributed by atoms with Crippen LogP contribution in [0.3, 0.4) is 0 Å². The lowest BCUT2D eigenvalue weighted by molar-refractivity contribution is 0.399. The third kappa shape index (κ3) is 7.97. The number of rotatable bonds is 7. The molecule has 3 aromatic carbocycles. The fourth-order valence-electron chi connectivity index (χ4n) is 2.70. The fraction of sp³-hybridized carbons (Fsp3) is 0.250. The van der Waals surface area contributed by atoms with E-state index in [4.69, 9.17) is 0 Å². The summed E-state index contributed by atoms with van der Waals surface area (Å²) in [6, 6.07) is 32.3. The topological polar surface area (TPSA) is 3.24 Å². The van der Waals surface area contributed by atoms with E-state index in [2.05, 4.69) is 126 Å². The number of nitrogens with zero attached hydrogens (tertiary/aromatic N) is 1. The molecule has 0 aliphatic carbocycles. The van der Waals surface area contributed by atoms with Crippen LogP contribution in [0.25, 0.3) is 0 Å². The van der Waals surface area contributed by atoms with Crippen LogP contribution in [-0.2, 0) is 0 Å². The molecule has 0 radical (unpaired) electrons. The highest BCUT2D eigenvalue weighted by Crippen LogP contribution is 2.32. The Hall–Kier alpha value is -1.47. The molecule has 0 fully saturated rings. The summed E-state index contributed by atoms with van der Waals surface area (Å²) in [5.41, 5.74) is 0. The average molecular weight is 442 g/mol. The first-order valence-electron chi connectivity index (χ1n) is 9.38. The lowest BCUT2D eigenvalue weighted by Crippen LogP contribution is -2.20. The Morgan fingerprint density at radius 1 is 0.630 bits per heavy atom. The minimum absolute atomic E-state index is 0.446. The summed E-state index contributed by atoms with van der Waals surface area (Å²) in [6.07, 6.45) is 2.59. The number of hydrogen-bond donors (Lipinski definition) is 0. The predicted octanol–water partition coefficient (Wildman–Crippen LogP) is 5.17. The molecule has 0 N–H and O–H groups in total. The molecule has 1 nitrogen and oxygen atoms in total. The number of unbranched alkanes of at least 4 members (excludes halogenated alkanes) is 1. The van der Waals surface area contributed by atoms with Crippen molar-refractivity contribution in [2.45, 2.75) is 12.8 Å². The Morgan fingerprint density at radius 2 is 1.00 bits per heavy atom. The number of alkyl halides is 1. The maximum Gasteiger partial charge on any atom is 0.00317 e. The lowest BCUT2D eigenvalue weighted by Gasteiger charge is -2.18. The zero-order valence-corrected chi connectivity index (χ0v) is 18.7. The molecule has 0 aromatic heterocycles. The zero-order valence-electron chi connectivity index (χ0n) is 16.3. The molecule has 0 amide bonds. The van der Waals surface area contributed by atoms with Crippen LogP contribution in [0.4, 0.5) is 0 Å². The molecule has 3 heteroatoms. The molecule has 0 aliphatic heterocycles. The van der Waals surface area contributed by atoms with Crippen molar-refractivity contribution in [3.63, 3.8) is 0 Å². The Labute approximate surface area is 174 Å². The van der Waals surface area contributed by atoms with Crippen molar-refractivity contribution in [2.75, 3.05) is 26.0 Å². The van der Waals surface area contributed by atoms with Crippen molar-refractivity contribution >= 4 is 39.8 Å². The first-order chi connectivity index (χ1) is 13.2. The van der Waals surface area contributed by atoms with E-state index in [1.165, 1.54) is 35.3 Å². The fourth-order valence-corrected chi connectivity index (χ4v) is 5.40. The van der Waals surface area contributed by atoms with Gasteiger partial charge in [-0.3, -0.25) is 0 Å². The van der Waals surface area contributed by atoms with Gasteiger partial charge in [0.2, 0.25) is 0 Å². The monoisotopic (exact) mass is 441 g/mol. The summed E-state index contributed by atoms with van der Waals surface area (Å²) >= 11 is 3.38. The summed E-state index contributed by atoms with van der Waals surface area (Å²) in [4.78, 5) is 2.21. The number of benzene rings is 3. The van der Waals surface area contributed by atoms with Crippen LogP contribution in [-0.4, -0.2) is 30.9 Å². The Balaban J connectivity index is 0.000000279. The molecule has 0 saturated carbocycles. The van der Waals surface area contributed by atoms with E-state index in [-0.39, 0.29) is 0 Å². The van der Waals surface area contributed by atoms with Crippen molar-refractivity contribution in [1.29, 1.82) is 0 Å². The summed E-state index contributed by atoms with van der Waals surface area (Å²) in [7, 11) is 3.76. The van der Waals surface area contributed by atoms with Gasteiger partial charge in [0.05, 0.1) is 0 Å². The molecule has 3 aromatic rings. The first kappa shape index (κ1) is 21.8. The molecule has 3 rings (SSSR count). The van der Waals surface area contributed by atoms with Crippen molar-refractivity contribution < 1.29 is 0 Å². The second-order valence-corrected chi connectivity index (χ2v) is 9.55. The van der Waals surface area contributed by atoms with Gasteiger partial charge < -0.3 is 4.90 Å². The minimum Gasteiger partial charge on any atom is -0.309 e. The second-order valence-electron chi connectivity index (χ2n) is 6.54. The molecule has 0 aliphatic rings. The lowest BCUT2D eigenvalue weighted by atomic mass is 10.3. The Morgan fingerprint density at radius 3 is 1.30 bits per heavy atom. The standard InChI is InChI=1S/C18H15P.C6H14BrN/c1-4-10-16(11-5-1)19(17-12-6-2-7-13-17)18-14-8-3-9-15-18;1-8(2)6-4-3-5-7/h1-15H;3-6H2,1-2H3. The summed E-state index contributed by atoms with van der Waals surface area (Å²) in [5, 5.41) is 5.33. The number of hydrogen-bond acceptors (Lipinski definition) is 1. The third-order valence-corrected chi connectivity index (χ3v) is 7.04.